The second-order valence-electron chi connectivity index (χ2n) is 11.1. The first-order valence-corrected chi connectivity index (χ1v) is 14.7. The molecule has 4 aromatic rings. The van der Waals surface area contributed by atoms with Crippen LogP contribution in [0.5, 0.6) is 0 Å². The molecule has 1 fully saturated rings. The SMILES string of the molecule is Cc1c(-c2ccc(CNCCO)cc2)cccc1-c1cccc(-c2ccn(C(=N)CN3CCC[C@@H]3C(=O)O)c(=N)c2)c1C. The second-order valence-corrected chi connectivity index (χ2v) is 11.1. The minimum atomic E-state index is -0.853. The number of aromatic nitrogens is 1. The Morgan fingerprint density at radius 3 is 2.16 bits per heavy atom. The van der Waals surface area contributed by atoms with Gasteiger partial charge >= 0.3 is 5.97 Å². The van der Waals surface area contributed by atoms with E-state index < -0.39 is 12.0 Å². The minimum absolute atomic E-state index is 0.124. The number of hydrogen-bond acceptors (Lipinski definition) is 6. The molecule has 2 heterocycles. The van der Waals surface area contributed by atoms with Gasteiger partial charge in [-0.1, -0.05) is 60.7 Å². The Labute approximate surface area is 252 Å². The first-order valence-electron chi connectivity index (χ1n) is 14.7. The second kappa shape index (κ2) is 13.3. The molecule has 0 amide bonds. The Morgan fingerprint density at radius 2 is 1.56 bits per heavy atom. The van der Waals surface area contributed by atoms with Crippen LogP contribution in [-0.2, 0) is 11.3 Å². The van der Waals surface area contributed by atoms with E-state index in [0.29, 0.717) is 19.5 Å². The number of hydrogen-bond donors (Lipinski definition) is 5. The Morgan fingerprint density at radius 1 is 0.930 bits per heavy atom. The quantitative estimate of drug-likeness (QED) is 0.103. The summed E-state index contributed by atoms with van der Waals surface area (Å²) >= 11 is 0. The summed E-state index contributed by atoms with van der Waals surface area (Å²) < 4.78 is 1.52. The molecule has 0 aliphatic carbocycles. The van der Waals surface area contributed by atoms with E-state index in [0.717, 1.165) is 46.3 Å². The van der Waals surface area contributed by atoms with Crippen LogP contribution in [0.25, 0.3) is 33.4 Å². The molecule has 1 aliphatic rings. The summed E-state index contributed by atoms with van der Waals surface area (Å²) in [6.07, 6.45) is 3.14. The van der Waals surface area contributed by atoms with Gasteiger partial charge in [0.25, 0.3) is 0 Å². The van der Waals surface area contributed by atoms with Crippen molar-refractivity contribution in [2.24, 2.45) is 0 Å². The van der Waals surface area contributed by atoms with E-state index in [1.807, 2.05) is 12.1 Å². The van der Waals surface area contributed by atoms with E-state index in [2.05, 4.69) is 73.8 Å². The van der Waals surface area contributed by atoms with Gasteiger partial charge in [0.1, 0.15) is 17.4 Å². The van der Waals surface area contributed by atoms with Gasteiger partial charge < -0.3 is 15.5 Å². The van der Waals surface area contributed by atoms with Crippen LogP contribution < -0.4 is 10.8 Å². The van der Waals surface area contributed by atoms with Gasteiger partial charge in [0.15, 0.2) is 0 Å². The lowest BCUT2D eigenvalue weighted by Crippen LogP contribution is -2.42. The highest BCUT2D eigenvalue weighted by Crippen LogP contribution is 2.36. The summed E-state index contributed by atoms with van der Waals surface area (Å²) in [6, 6.07) is 24.3. The van der Waals surface area contributed by atoms with Gasteiger partial charge in [0.2, 0.25) is 0 Å². The molecule has 0 unspecified atom stereocenters. The first-order chi connectivity index (χ1) is 20.8. The standard InChI is InChI=1S/C35H39N5O3/c1-23-28(26-13-11-25(12-14-26)21-38-16-19-41)6-3-8-30(23)31-9-4-7-29(24(31)2)27-15-18-40(33(36)20-27)34(37)22-39-17-5-10-32(39)35(42)43/h3-4,6-9,11-15,18,20,32,36-38,41H,5,10,16-17,19,21-22H2,1-2H3,(H,42,43)/t32-/m1/s1. The third-order valence-corrected chi connectivity index (χ3v) is 8.40. The first kappa shape index (κ1) is 30.1. The van der Waals surface area contributed by atoms with Crippen molar-refractivity contribution < 1.29 is 15.0 Å². The molecule has 5 rings (SSSR count). The fraction of sp³-hybridized carbons (Fsp3) is 0.286. The molecule has 1 aromatic heterocycles. The lowest BCUT2D eigenvalue weighted by Gasteiger charge is -2.22. The molecule has 0 spiro atoms. The van der Waals surface area contributed by atoms with Gasteiger partial charge in [-0.05, 0) is 95.4 Å². The molecule has 0 saturated carbocycles. The highest BCUT2D eigenvalue weighted by atomic mass is 16.4. The van der Waals surface area contributed by atoms with Crippen molar-refractivity contribution in [2.75, 3.05) is 26.2 Å². The summed E-state index contributed by atoms with van der Waals surface area (Å²) in [4.78, 5) is 13.4. The van der Waals surface area contributed by atoms with Crippen LogP contribution in [0.3, 0.4) is 0 Å². The Hall–Kier alpha value is -4.37. The average molecular weight is 578 g/mol. The smallest absolute Gasteiger partial charge is 0.320 e. The number of nitrogens with zero attached hydrogens (tertiary/aromatic N) is 2. The number of pyridine rings is 1. The fourth-order valence-electron chi connectivity index (χ4n) is 6.06. The molecule has 5 N–H and O–H groups in total. The van der Waals surface area contributed by atoms with Gasteiger partial charge in [0.05, 0.1) is 13.2 Å². The van der Waals surface area contributed by atoms with Gasteiger partial charge in [-0.15, -0.1) is 0 Å². The van der Waals surface area contributed by atoms with Crippen molar-refractivity contribution in [3.8, 4) is 33.4 Å². The average Bonchev–Trinajstić information content (AvgIpc) is 3.46. The maximum atomic E-state index is 11.6. The predicted octanol–water partition coefficient (Wildman–Crippen LogP) is 5.04. The summed E-state index contributed by atoms with van der Waals surface area (Å²) in [5.41, 5.74) is 10.2. The number of benzene rings is 3. The van der Waals surface area contributed by atoms with E-state index in [1.165, 1.54) is 21.3 Å². The third kappa shape index (κ3) is 6.51. The molecule has 8 heteroatoms. The van der Waals surface area contributed by atoms with Crippen molar-refractivity contribution in [1.29, 1.82) is 10.8 Å². The monoisotopic (exact) mass is 577 g/mol. The number of aliphatic carboxylic acids is 1. The molecule has 43 heavy (non-hydrogen) atoms. The highest BCUT2D eigenvalue weighted by molar-refractivity contribution is 5.86. The van der Waals surface area contributed by atoms with Crippen LogP contribution in [0.1, 0.15) is 29.5 Å². The van der Waals surface area contributed by atoms with Crippen LogP contribution in [-0.4, -0.2) is 63.8 Å². The molecular weight excluding hydrogens is 538 g/mol. The minimum Gasteiger partial charge on any atom is -0.480 e. The van der Waals surface area contributed by atoms with Crippen molar-refractivity contribution in [3.63, 3.8) is 0 Å². The number of aliphatic hydroxyl groups excluding tert-OH is 1. The van der Waals surface area contributed by atoms with E-state index in [9.17, 15) is 9.90 Å². The van der Waals surface area contributed by atoms with E-state index in [-0.39, 0.29) is 24.5 Å². The van der Waals surface area contributed by atoms with Gasteiger partial charge in [0, 0.05) is 19.3 Å². The number of likely N-dealkylation sites (tertiary alicyclic amines) is 1. The Kier molecular flexibility index (Phi) is 9.31. The number of carboxylic acids is 1. The summed E-state index contributed by atoms with van der Waals surface area (Å²) in [6.45, 7) is 6.52. The predicted molar refractivity (Wildman–Crippen MR) is 170 cm³/mol. The van der Waals surface area contributed by atoms with Gasteiger partial charge in [-0.3, -0.25) is 25.1 Å². The summed E-state index contributed by atoms with van der Waals surface area (Å²) in [5.74, 6) is -0.661. The van der Waals surface area contributed by atoms with Crippen molar-refractivity contribution in [2.45, 2.75) is 39.3 Å². The topological polar surface area (TPSA) is 125 Å². The maximum absolute atomic E-state index is 11.6. The Balaban J connectivity index is 1.40. The van der Waals surface area contributed by atoms with Crippen molar-refractivity contribution in [1.82, 2.24) is 14.8 Å². The maximum Gasteiger partial charge on any atom is 0.320 e. The number of carbonyl (C=O) groups is 1. The van der Waals surface area contributed by atoms with Crippen LogP contribution in [0.2, 0.25) is 0 Å². The van der Waals surface area contributed by atoms with Crippen LogP contribution in [0, 0.1) is 24.7 Å². The zero-order chi connectivity index (χ0) is 30.5. The summed E-state index contributed by atoms with van der Waals surface area (Å²) in [7, 11) is 0. The molecule has 1 aliphatic heterocycles. The third-order valence-electron chi connectivity index (χ3n) is 8.40. The molecule has 222 valence electrons. The lowest BCUT2D eigenvalue weighted by molar-refractivity contribution is -0.141. The molecular formula is C35H39N5O3. The van der Waals surface area contributed by atoms with Gasteiger partial charge in [-0.25, -0.2) is 0 Å². The van der Waals surface area contributed by atoms with Gasteiger partial charge in [-0.2, -0.15) is 0 Å². The molecule has 1 atom stereocenters. The van der Waals surface area contributed by atoms with Crippen LogP contribution in [0.15, 0.2) is 79.0 Å². The number of nitrogens with one attached hydrogen (secondary N) is 3. The van der Waals surface area contributed by atoms with E-state index in [1.54, 1.807) is 17.2 Å². The fourth-order valence-corrected chi connectivity index (χ4v) is 6.06. The van der Waals surface area contributed by atoms with Crippen molar-refractivity contribution >= 4 is 11.8 Å². The molecule has 3 aromatic carbocycles. The zero-order valence-corrected chi connectivity index (χ0v) is 24.7. The normalized spacial score (nSPS) is 15.1. The summed E-state index contributed by atoms with van der Waals surface area (Å²) in [5, 5.41) is 39.0. The molecule has 8 nitrogen and oxygen atoms in total. The van der Waals surface area contributed by atoms with E-state index >= 15 is 0 Å². The Bertz CT molecular complexity index is 1690. The molecule has 0 bridgehead atoms. The van der Waals surface area contributed by atoms with Crippen LogP contribution in [0.4, 0.5) is 0 Å². The van der Waals surface area contributed by atoms with Crippen LogP contribution >= 0.6 is 0 Å². The van der Waals surface area contributed by atoms with E-state index in [4.69, 9.17) is 15.9 Å². The number of aliphatic hydroxyl groups is 1. The molecule has 1 saturated heterocycles. The highest BCUT2D eigenvalue weighted by Gasteiger charge is 2.31. The largest absolute Gasteiger partial charge is 0.480 e. The molecule has 0 radical (unpaired) electrons. The zero-order valence-electron chi connectivity index (χ0n) is 24.7. The number of rotatable bonds is 10. The van der Waals surface area contributed by atoms with Crippen molar-refractivity contribution in [3.05, 3.63) is 101 Å². The number of carboxylic acid groups (broad SMARTS) is 1. The lowest BCUT2D eigenvalue weighted by atomic mass is 9.88.